The number of nitrogens with one attached hydrogen (secondary N) is 1. The summed E-state index contributed by atoms with van der Waals surface area (Å²) in [5.41, 5.74) is 2.71. The predicted octanol–water partition coefficient (Wildman–Crippen LogP) is 3.60. The van der Waals surface area contributed by atoms with Crippen molar-refractivity contribution in [2.24, 2.45) is 5.92 Å². The summed E-state index contributed by atoms with van der Waals surface area (Å²) in [6.07, 6.45) is 2.98. The Balaban J connectivity index is 1.38. The van der Waals surface area contributed by atoms with Crippen LogP contribution < -0.4 is 10.1 Å². The van der Waals surface area contributed by atoms with Gasteiger partial charge in [-0.15, -0.1) is 0 Å². The molecule has 1 aliphatic heterocycles. The quantitative estimate of drug-likeness (QED) is 0.782. The molecule has 0 fully saturated rings. The van der Waals surface area contributed by atoms with Gasteiger partial charge in [-0.25, -0.2) is 4.98 Å². The van der Waals surface area contributed by atoms with Crippen LogP contribution in [0.15, 0.2) is 65.3 Å². The van der Waals surface area contributed by atoms with Gasteiger partial charge < -0.3 is 14.5 Å². The molecule has 3 aromatic rings. The highest BCUT2D eigenvalue weighted by molar-refractivity contribution is 5.79. The summed E-state index contributed by atoms with van der Waals surface area (Å²) in [5, 5.41) is 2.98. The molecule has 1 aromatic heterocycles. The minimum Gasteiger partial charge on any atom is -0.493 e. The van der Waals surface area contributed by atoms with Crippen molar-refractivity contribution in [2.75, 3.05) is 6.61 Å². The van der Waals surface area contributed by atoms with E-state index in [4.69, 9.17) is 9.15 Å². The molecule has 0 saturated heterocycles. The standard InChI is InChI=1S/C21H20N2O3/c24-20(17-10-11-25-19-9-5-4-8-16(19)12-17)22-13-18-14-26-21(23-18)15-6-2-1-3-7-15/h1-9,14,17H,10-13H2,(H,22,24)/t17-/m0/s1. The van der Waals surface area contributed by atoms with E-state index in [0.717, 1.165) is 16.9 Å². The first kappa shape index (κ1) is 16.4. The monoisotopic (exact) mass is 348 g/mol. The number of amides is 1. The summed E-state index contributed by atoms with van der Waals surface area (Å²) in [4.78, 5) is 17.0. The Morgan fingerprint density at radius 3 is 2.81 bits per heavy atom. The maximum atomic E-state index is 12.6. The lowest BCUT2D eigenvalue weighted by molar-refractivity contribution is -0.125. The van der Waals surface area contributed by atoms with Crippen molar-refractivity contribution < 1.29 is 13.9 Å². The van der Waals surface area contributed by atoms with Gasteiger partial charge in [-0.2, -0.15) is 0 Å². The number of para-hydroxylation sites is 1. The molecule has 26 heavy (non-hydrogen) atoms. The second-order valence-corrected chi connectivity index (χ2v) is 6.37. The molecule has 1 atom stereocenters. The number of ether oxygens (including phenoxy) is 1. The van der Waals surface area contributed by atoms with Crippen molar-refractivity contribution >= 4 is 5.91 Å². The van der Waals surface area contributed by atoms with Crippen LogP contribution in [0.1, 0.15) is 17.7 Å². The Bertz CT molecular complexity index is 889. The summed E-state index contributed by atoms with van der Waals surface area (Å²) in [5.74, 6) is 1.37. The molecule has 0 saturated carbocycles. The van der Waals surface area contributed by atoms with Crippen molar-refractivity contribution in [3.63, 3.8) is 0 Å². The lowest BCUT2D eigenvalue weighted by Gasteiger charge is -2.13. The first-order valence-electron chi connectivity index (χ1n) is 8.78. The maximum absolute atomic E-state index is 12.6. The van der Waals surface area contributed by atoms with Crippen LogP contribution in [-0.2, 0) is 17.8 Å². The van der Waals surface area contributed by atoms with Crippen LogP contribution in [-0.4, -0.2) is 17.5 Å². The molecule has 1 amide bonds. The van der Waals surface area contributed by atoms with Crippen LogP contribution in [0.4, 0.5) is 0 Å². The molecule has 1 N–H and O–H groups in total. The third-order valence-electron chi connectivity index (χ3n) is 4.55. The Labute approximate surface area is 152 Å². The van der Waals surface area contributed by atoms with E-state index in [1.165, 1.54) is 0 Å². The highest BCUT2D eigenvalue weighted by Crippen LogP contribution is 2.26. The topological polar surface area (TPSA) is 64.4 Å². The van der Waals surface area contributed by atoms with Gasteiger partial charge in [-0.05, 0) is 36.6 Å². The van der Waals surface area contributed by atoms with Gasteiger partial charge in [-0.3, -0.25) is 4.79 Å². The van der Waals surface area contributed by atoms with Crippen LogP contribution in [0.3, 0.4) is 0 Å². The number of benzene rings is 2. The van der Waals surface area contributed by atoms with Gasteiger partial charge in [0.15, 0.2) is 0 Å². The van der Waals surface area contributed by atoms with Crippen molar-refractivity contribution in [2.45, 2.75) is 19.4 Å². The summed E-state index contributed by atoms with van der Waals surface area (Å²) < 4.78 is 11.2. The van der Waals surface area contributed by atoms with Crippen LogP contribution >= 0.6 is 0 Å². The van der Waals surface area contributed by atoms with E-state index in [1.54, 1.807) is 6.26 Å². The van der Waals surface area contributed by atoms with E-state index in [9.17, 15) is 4.79 Å². The molecule has 0 spiro atoms. The zero-order valence-electron chi connectivity index (χ0n) is 14.4. The lowest BCUT2D eigenvalue weighted by Crippen LogP contribution is -2.31. The molecule has 5 heteroatoms. The van der Waals surface area contributed by atoms with Gasteiger partial charge >= 0.3 is 0 Å². The molecule has 2 heterocycles. The normalized spacial score (nSPS) is 16.2. The summed E-state index contributed by atoms with van der Waals surface area (Å²) in [7, 11) is 0. The number of hydrogen-bond acceptors (Lipinski definition) is 4. The summed E-state index contributed by atoms with van der Waals surface area (Å²) in [6.45, 7) is 0.908. The highest BCUT2D eigenvalue weighted by Gasteiger charge is 2.23. The first-order chi connectivity index (χ1) is 12.8. The maximum Gasteiger partial charge on any atom is 0.226 e. The lowest BCUT2D eigenvalue weighted by atomic mass is 9.96. The zero-order chi connectivity index (χ0) is 17.8. The van der Waals surface area contributed by atoms with Crippen molar-refractivity contribution in [1.82, 2.24) is 10.3 Å². The summed E-state index contributed by atoms with van der Waals surface area (Å²) in [6, 6.07) is 17.6. The minimum atomic E-state index is -0.0980. The van der Waals surface area contributed by atoms with Gasteiger partial charge in [0.1, 0.15) is 12.0 Å². The van der Waals surface area contributed by atoms with Gasteiger partial charge in [0.25, 0.3) is 0 Å². The second-order valence-electron chi connectivity index (χ2n) is 6.37. The number of fused-ring (bicyclic) bond motifs is 1. The van der Waals surface area contributed by atoms with E-state index >= 15 is 0 Å². The molecule has 132 valence electrons. The van der Waals surface area contributed by atoms with E-state index in [-0.39, 0.29) is 11.8 Å². The molecule has 0 aliphatic carbocycles. The van der Waals surface area contributed by atoms with Gasteiger partial charge in [-0.1, -0.05) is 36.4 Å². The van der Waals surface area contributed by atoms with E-state index < -0.39 is 0 Å². The predicted molar refractivity (Wildman–Crippen MR) is 97.5 cm³/mol. The third kappa shape index (κ3) is 3.61. The number of hydrogen-bond donors (Lipinski definition) is 1. The molecular weight excluding hydrogens is 328 g/mol. The molecule has 0 radical (unpaired) electrons. The number of rotatable bonds is 4. The average molecular weight is 348 g/mol. The Hall–Kier alpha value is -3.08. The fourth-order valence-corrected chi connectivity index (χ4v) is 3.14. The summed E-state index contributed by atoms with van der Waals surface area (Å²) >= 11 is 0. The Kier molecular flexibility index (Phi) is 4.69. The first-order valence-corrected chi connectivity index (χ1v) is 8.78. The Morgan fingerprint density at radius 1 is 1.12 bits per heavy atom. The third-order valence-corrected chi connectivity index (χ3v) is 4.55. The minimum absolute atomic E-state index is 0.0227. The molecule has 0 unspecified atom stereocenters. The molecule has 1 aliphatic rings. The molecular formula is C21H20N2O3. The molecule has 5 nitrogen and oxygen atoms in total. The fourth-order valence-electron chi connectivity index (χ4n) is 3.14. The number of nitrogens with zero attached hydrogens (tertiary/aromatic N) is 1. The number of carbonyl (C=O) groups is 1. The van der Waals surface area contributed by atoms with E-state index in [2.05, 4.69) is 10.3 Å². The SMILES string of the molecule is O=C(NCc1coc(-c2ccccc2)n1)[C@H]1CCOc2ccccc2C1. The van der Waals surface area contributed by atoms with Gasteiger partial charge in [0.05, 0.1) is 18.8 Å². The fraction of sp³-hybridized carbons (Fsp3) is 0.238. The van der Waals surface area contributed by atoms with E-state index in [0.29, 0.717) is 37.6 Å². The van der Waals surface area contributed by atoms with Crippen LogP contribution in [0.25, 0.3) is 11.5 Å². The average Bonchev–Trinajstić information content (AvgIpc) is 3.05. The largest absolute Gasteiger partial charge is 0.493 e. The zero-order valence-corrected chi connectivity index (χ0v) is 14.4. The van der Waals surface area contributed by atoms with Crippen LogP contribution in [0, 0.1) is 5.92 Å². The molecule has 0 bridgehead atoms. The van der Waals surface area contributed by atoms with Crippen molar-refractivity contribution in [1.29, 1.82) is 0 Å². The van der Waals surface area contributed by atoms with E-state index in [1.807, 2.05) is 54.6 Å². The Morgan fingerprint density at radius 2 is 1.92 bits per heavy atom. The number of oxazole rings is 1. The second kappa shape index (κ2) is 7.44. The van der Waals surface area contributed by atoms with Crippen molar-refractivity contribution in [3.05, 3.63) is 72.1 Å². The number of carbonyl (C=O) groups excluding carboxylic acids is 1. The molecule has 4 rings (SSSR count). The highest BCUT2D eigenvalue weighted by atomic mass is 16.5. The van der Waals surface area contributed by atoms with Gasteiger partial charge in [0.2, 0.25) is 11.8 Å². The van der Waals surface area contributed by atoms with Gasteiger partial charge in [0, 0.05) is 11.5 Å². The van der Waals surface area contributed by atoms with Crippen LogP contribution in [0.5, 0.6) is 5.75 Å². The van der Waals surface area contributed by atoms with Crippen molar-refractivity contribution in [3.8, 4) is 17.2 Å². The molecule has 2 aromatic carbocycles. The number of aromatic nitrogens is 1. The smallest absolute Gasteiger partial charge is 0.226 e. The van der Waals surface area contributed by atoms with Crippen LogP contribution in [0.2, 0.25) is 0 Å².